The van der Waals surface area contributed by atoms with Crippen LogP contribution in [0.4, 0.5) is 0 Å². The molecule has 184 valence electrons. The van der Waals surface area contributed by atoms with Crippen molar-refractivity contribution in [2.45, 2.75) is 90.9 Å². The maximum absolute atomic E-state index is 11.7. The van der Waals surface area contributed by atoms with Crippen LogP contribution in [-0.4, -0.2) is 56.8 Å². The highest BCUT2D eigenvalue weighted by Crippen LogP contribution is 2.05. The largest absolute Gasteiger partial charge is 1.00 e. The first-order valence-electron chi connectivity index (χ1n) is 12.0. The number of ether oxygens (including phenoxy) is 2. The maximum Gasteiger partial charge on any atom is 0.384 e. The Morgan fingerprint density at radius 1 is 0.656 bits per heavy atom. The van der Waals surface area contributed by atoms with Gasteiger partial charge in [0.15, 0.2) is 0 Å². The summed E-state index contributed by atoms with van der Waals surface area (Å²) >= 11 is 0. The predicted octanol–water partition coefficient (Wildman–Crippen LogP) is 1.88. The number of rotatable bonds is 16. The zero-order chi connectivity index (χ0) is 23.2. The third kappa shape index (κ3) is 23.0. The van der Waals surface area contributed by atoms with Gasteiger partial charge in [0, 0.05) is 24.7 Å². The Balaban J connectivity index is 0. The molecule has 0 aromatic carbocycles. The molecule has 0 fully saturated rings. The smallest absolute Gasteiger partial charge is 0.384 e. The van der Waals surface area contributed by atoms with Crippen molar-refractivity contribution in [3.63, 3.8) is 0 Å². The molecule has 0 radical (unpaired) electrons. The Kier molecular flexibility index (Phi) is 22.8. The monoisotopic (exact) mass is 469 g/mol. The normalized spacial score (nSPS) is 10.1. The second-order valence-electron chi connectivity index (χ2n) is 8.59. The van der Waals surface area contributed by atoms with E-state index in [9.17, 15) is 9.59 Å². The Hall–Kier alpha value is -1.69. The topological polar surface area (TPSA) is 52.6 Å². The molecule has 6 heteroatoms. The SMILES string of the molecule is CCCCCCCC#CC(=O)OCC[N+](C)(C)CCOC(=O)C#CCCCCCCC.[Cl-]. The van der Waals surface area contributed by atoms with Crippen molar-refractivity contribution in [1.29, 1.82) is 0 Å². The summed E-state index contributed by atoms with van der Waals surface area (Å²) in [5.74, 6) is 9.95. The molecule has 0 bridgehead atoms. The lowest BCUT2D eigenvalue weighted by Crippen LogP contribution is -3.00. The summed E-state index contributed by atoms with van der Waals surface area (Å²) in [7, 11) is 4.01. The molecule has 0 saturated heterocycles. The van der Waals surface area contributed by atoms with Crippen LogP contribution in [0.15, 0.2) is 0 Å². The molecule has 5 nitrogen and oxygen atoms in total. The lowest BCUT2D eigenvalue weighted by molar-refractivity contribution is -0.890. The van der Waals surface area contributed by atoms with Crippen molar-refractivity contribution in [3.8, 4) is 23.7 Å². The first-order chi connectivity index (χ1) is 14.9. The van der Waals surface area contributed by atoms with Crippen LogP contribution in [0.3, 0.4) is 0 Å². The van der Waals surface area contributed by atoms with Gasteiger partial charge in [0.1, 0.15) is 26.3 Å². The molecule has 0 amide bonds. The van der Waals surface area contributed by atoms with E-state index in [-0.39, 0.29) is 12.4 Å². The van der Waals surface area contributed by atoms with Gasteiger partial charge in [-0.2, -0.15) is 0 Å². The minimum absolute atomic E-state index is 0. The van der Waals surface area contributed by atoms with Gasteiger partial charge in [0.2, 0.25) is 0 Å². The van der Waals surface area contributed by atoms with Crippen molar-refractivity contribution in [3.05, 3.63) is 0 Å². The van der Waals surface area contributed by atoms with E-state index in [0.717, 1.165) is 25.7 Å². The standard InChI is InChI=1S/C26H44NO4.ClH/c1-5-7-9-11-13-15-17-19-25(28)30-23-21-27(3,4)22-24-31-26(29)20-18-16-14-12-10-8-6-2;/h5-16,21-24H2,1-4H3;1H/q+1;/p-1. The molecule has 0 heterocycles. The second kappa shape index (κ2) is 22.5. The number of hydrogen-bond acceptors (Lipinski definition) is 4. The Morgan fingerprint density at radius 3 is 1.41 bits per heavy atom. The molecule has 0 saturated carbocycles. The van der Waals surface area contributed by atoms with Gasteiger partial charge in [-0.3, -0.25) is 0 Å². The zero-order valence-electron chi connectivity index (χ0n) is 20.8. The molecule has 0 aromatic rings. The molecular formula is C26H44ClNO4. The fraction of sp³-hybridized carbons (Fsp3) is 0.769. The summed E-state index contributed by atoms with van der Waals surface area (Å²) in [5.41, 5.74) is 0. The summed E-state index contributed by atoms with van der Waals surface area (Å²) in [4.78, 5) is 23.4. The average Bonchev–Trinajstić information content (AvgIpc) is 2.72. The highest BCUT2D eigenvalue weighted by molar-refractivity contribution is 5.88. The Labute approximate surface area is 203 Å². The summed E-state index contributed by atoms with van der Waals surface area (Å²) < 4.78 is 11.0. The van der Waals surface area contributed by atoms with Gasteiger partial charge in [-0.25, -0.2) is 9.59 Å². The fourth-order valence-corrected chi connectivity index (χ4v) is 2.86. The molecule has 0 aliphatic carbocycles. The number of nitrogens with zero attached hydrogens (tertiary/aromatic N) is 1. The van der Waals surface area contributed by atoms with Crippen molar-refractivity contribution in [1.82, 2.24) is 0 Å². The third-order valence-corrected chi connectivity index (χ3v) is 5.05. The van der Waals surface area contributed by atoms with E-state index < -0.39 is 11.9 Å². The third-order valence-electron chi connectivity index (χ3n) is 5.05. The quantitative estimate of drug-likeness (QED) is 0.114. The van der Waals surface area contributed by atoms with Crippen molar-refractivity contribution < 1.29 is 36.0 Å². The highest BCUT2D eigenvalue weighted by atomic mass is 35.5. The van der Waals surface area contributed by atoms with Crippen LogP contribution < -0.4 is 12.4 Å². The van der Waals surface area contributed by atoms with Gasteiger partial charge >= 0.3 is 11.9 Å². The molecular weight excluding hydrogens is 426 g/mol. The van der Waals surface area contributed by atoms with Crippen LogP contribution in [0.2, 0.25) is 0 Å². The second-order valence-corrected chi connectivity index (χ2v) is 8.59. The Bertz CT molecular complexity index is 559. The summed E-state index contributed by atoms with van der Waals surface area (Å²) in [6.07, 6.45) is 13.3. The number of unbranched alkanes of at least 4 members (excludes halogenated alkanes) is 10. The summed E-state index contributed by atoms with van der Waals surface area (Å²) in [6, 6.07) is 0. The first-order valence-corrected chi connectivity index (χ1v) is 12.0. The van der Waals surface area contributed by atoms with Crippen LogP contribution in [-0.2, 0) is 19.1 Å². The number of hydrogen-bond donors (Lipinski definition) is 0. The molecule has 0 N–H and O–H groups in total. The molecule has 32 heavy (non-hydrogen) atoms. The van der Waals surface area contributed by atoms with E-state index in [4.69, 9.17) is 9.47 Å². The molecule has 0 aliphatic rings. The van der Waals surface area contributed by atoms with E-state index in [0.29, 0.717) is 30.8 Å². The maximum atomic E-state index is 11.7. The van der Waals surface area contributed by atoms with Crippen molar-refractivity contribution in [2.24, 2.45) is 0 Å². The number of halogens is 1. The number of quaternary nitrogens is 1. The summed E-state index contributed by atoms with van der Waals surface area (Å²) in [5, 5.41) is 0. The van der Waals surface area contributed by atoms with Gasteiger partial charge < -0.3 is 26.4 Å². The Morgan fingerprint density at radius 2 is 1.03 bits per heavy atom. The summed E-state index contributed by atoms with van der Waals surface area (Å²) in [6.45, 7) is 6.23. The average molecular weight is 470 g/mol. The number of esters is 2. The van der Waals surface area contributed by atoms with Crippen LogP contribution in [0.25, 0.3) is 0 Å². The van der Waals surface area contributed by atoms with Gasteiger partial charge in [-0.05, 0) is 12.8 Å². The van der Waals surface area contributed by atoms with Gasteiger partial charge in [0.05, 0.1) is 14.1 Å². The minimum Gasteiger partial charge on any atom is -1.00 e. The minimum atomic E-state index is -0.468. The van der Waals surface area contributed by atoms with Gasteiger partial charge in [0.25, 0.3) is 0 Å². The molecule has 0 aromatic heterocycles. The molecule has 0 atom stereocenters. The van der Waals surface area contributed by atoms with E-state index >= 15 is 0 Å². The number of likely N-dealkylation sites (N-methyl/N-ethyl adjacent to an activating group) is 1. The fourth-order valence-electron chi connectivity index (χ4n) is 2.86. The van der Waals surface area contributed by atoms with Crippen molar-refractivity contribution >= 4 is 11.9 Å². The van der Waals surface area contributed by atoms with Crippen LogP contribution in [0.5, 0.6) is 0 Å². The van der Waals surface area contributed by atoms with E-state index in [2.05, 4.69) is 37.5 Å². The predicted molar refractivity (Wildman–Crippen MR) is 126 cm³/mol. The lowest BCUT2D eigenvalue weighted by Gasteiger charge is -2.28. The molecule has 0 spiro atoms. The zero-order valence-corrected chi connectivity index (χ0v) is 21.5. The van der Waals surface area contributed by atoms with E-state index in [1.54, 1.807) is 0 Å². The molecule has 0 rings (SSSR count). The van der Waals surface area contributed by atoms with Gasteiger partial charge in [-0.1, -0.05) is 77.1 Å². The number of carbonyl (C=O) groups excluding carboxylic acids is 2. The number of carbonyl (C=O) groups is 2. The van der Waals surface area contributed by atoms with Crippen LogP contribution in [0.1, 0.15) is 90.9 Å². The molecule has 0 aliphatic heterocycles. The van der Waals surface area contributed by atoms with Crippen molar-refractivity contribution in [2.75, 3.05) is 40.4 Å². The highest BCUT2D eigenvalue weighted by Gasteiger charge is 2.16. The first kappa shape index (κ1) is 32.5. The van der Waals surface area contributed by atoms with E-state index in [1.807, 2.05) is 14.1 Å². The molecule has 0 unspecified atom stereocenters. The van der Waals surface area contributed by atoms with E-state index in [1.165, 1.54) is 51.4 Å². The van der Waals surface area contributed by atoms with Crippen LogP contribution >= 0.6 is 0 Å². The van der Waals surface area contributed by atoms with Crippen LogP contribution in [0, 0.1) is 23.7 Å². The lowest BCUT2D eigenvalue weighted by atomic mass is 10.1. The van der Waals surface area contributed by atoms with Gasteiger partial charge in [-0.15, -0.1) is 0 Å².